The summed E-state index contributed by atoms with van der Waals surface area (Å²) in [4.78, 5) is 24.8. The van der Waals surface area contributed by atoms with Crippen LogP contribution >= 0.6 is 11.6 Å². The molecule has 31 heavy (non-hydrogen) atoms. The molecule has 0 unspecified atom stereocenters. The van der Waals surface area contributed by atoms with Gasteiger partial charge in [-0.1, -0.05) is 69.4 Å². The topological polar surface area (TPSA) is 47.8 Å². The highest BCUT2D eigenvalue weighted by Crippen LogP contribution is 2.36. The minimum absolute atomic E-state index is 0.383. The molecule has 162 valence electrons. The maximum Gasteiger partial charge on any atom is 0.293 e. The summed E-state index contributed by atoms with van der Waals surface area (Å²) < 4.78 is 8.21. The molecule has 5 heteroatoms. The van der Waals surface area contributed by atoms with Crippen LogP contribution < -0.4 is 4.74 Å². The molecule has 1 saturated carbocycles. The van der Waals surface area contributed by atoms with Gasteiger partial charge in [0.15, 0.2) is 0 Å². The van der Waals surface area contributed by atoms with Crippen LogP contribution in [0.5, 0.6) is 5.75 Å². The van der Waals surface area contributed by atoms with E-state index in [2.05, 4.69) is 4.40 Å². The number of carbonyl (C=O) groups is 2. The number of hydrogen-bond donors (Lipinski definition) is 0. The molecular weight excluding hydrogens is 410 g/mol. The van der Waals surface area contributed by atoms with Crippen LogP contribution in [0.15, 0.2) is 48.7 Å². The van der Waals surface area contributed by atoms with Gasteiger partial charge in [-0.25, -0.2) is 0 Å². The summed E-state index contributed by atoms with van der Waals surface area (Å²) in [5.74, 6) is 0.541. The van der Waals surface area contributed by atoms with E-state index in [9.17, 15) is 9.59 Å². The average molecular weight is 438 g/mol. The molecule has 1 aliphatic carbocycles. The summed E-state index contributed by atoms with van der Waals surface area (Å²) in [6, 6.07) is 13.7. The van der Waals surface area contributed by atoms with E-state index in [1.165, 1.54) is 32.1 Å². The highest BCUT2D eigenvalue weighted by atomic mass is 35.5. The second kappa shape index (κ2) is 9.69. The molecule has 0 radical (unpaired) electrons. The van der Waals surface area contributed by atoms with Gasteiger partial charge in [0.25, 0.3) is 5.24 Å². The minimum atomic E-state index is -0.954. The molecule has 0 bridgehead atoms. The number of rotatable bonds is 8. The third kappa shape index (κ3) is 4.54. The first-order valence-corrected chi connectivity index (χ1v) is 11.5. The molecule has 1 aromatic carbocycles. The Labute approximate surface area is 188 Å². The SMILES string of the molecule is CCc1c(C(=O)C(=O)Cl)c2c(OCc3ccccc3)cccn2c1CC1CCCCC1. The fourth-order valence-electron chi connectivity index (χ4n) is 4.85. The summed E-state index contributed by atoms with van der Waals surface area (Å²) in [6.07, 6.45) is 9.76. The number of ketones is 1. The minimum Gasteiger partial charge on any atom is -0.487 e. The molecule has 0 aliphatic heterocycles. The van der Waals surface area contributed by atoms with Crippen molar-refractivity contribution in [2.75, 3.05) is 0 Å². The lowest BCUT2D eigenvalue weighted by Gasteiger charge is -2.22. The Hall–Kier alpha value is -2.59. The standard InChI is InChI=1S/C26H28ClNO3/c1-2-20-21(16-18-10-5-3-6-11-18)28-15-9-14-22(24(28)23(20)25(29)26(27)30)31-17-19-12-7-4-8-13-19/h4,7-9,12-15,18H,2-3,5-6,10-11,16-17H2,1H3. The van der Waals surface area contributed by atoms with Crippen LogP contribution in [0.25, 0.3) is 5.52 Å². The lowest BCUT2D eigenvalue weighted by atomic mass is 9.85. The molecule has 4 rings (SSSR count). The Balaban J connectivity index is 1.81. The van der Waals surface area contributed by atoms with Crippen molar-refractivity contribution in [2.24, 2.45) is 5.92 Å². The van der Waals surface area contributed by atoms with Crippen LogP contribution in [0.4, 0.5) is 0 Å². The first-order valence-electron chi connectivity index (χ1n) is 11.2. The Morgan fingerprint density at radius 1 is 1.06 bits per heavy atom. The van der Waals surface area contributed by atoms with Crippen molar-refractivity contribution in [3.8, 4) is 5.75 Å². The number of carbonyl (C=O) groups excluding carboxylic acids is 2. The molecule has 0 saturated heterocycles. The molecule has 0 atom stereocenters. The van der Waals surface area contributed by atoms with Crippen molar-refractivity contribution in [2.45, 2.75) is 58.5 Å². The average Bonchev–Trinajstić information content (AvgIpc) is 3.12. The van der Waals surface area contributed by atoms with Gasteiger partial charge in [0.1, 0.15) is 12.4 Å². The van der Waals surface area contributed by atoms with Crippen LogP contribution in [0.3, 0.4) is 0 Å². The predicted octanol–water partition coefficient (Wildman–Crippen LogP) is 6.15. The lowest BCUT2D eigenvalue weighted by molar-refractivity contribution is -0.108. The third-order valence-corrected chi connectivity index (χ3v) is 6.51. The summed E-state index contributed by atoms with van der Waals surface area (Å²) in [5, 5.41) is -0.954. The molecule has 2 heterocycles. The van der Waals surface area contributed by atoms with Crippen molar-refractivity contribution in [1.29, 1.82) is 0 Å². The second-order valence-electron chi connectivity index (χ2n) is 8.33. The van der Waals surface area contributed by atoms with Crippen LogP contribution in [0.1, 0.15) is 66.2 Å². The van der Waals surface area contributed by atoms with Crippen LogP contribution in [-0.4, -0.2) is 15.4 Å². The van der Waals surface area contributed by atoms with Crippen LogP contribution in [0, 0.1) is 5.92 Å². The smallest absolute Gasteiger partial charge is 0.293 e. The van der Waals surface area contributed by atoms with Crippen molar-refractivity contribution in [3.63, 3.8) is 0 Å². The molecule has 2 aromatic heterocycles. The maximum atomic E-state index is 12.9. The van der Waals surface area contributed by atoms with Gasteiger partial charge >= 0.3 is 0 Å². The molecule has 0 amide bonds. The van der Waals surface area contributed by atoms with Gasteiger partial charge < -0.3 is 9.14 Å². The van der Waals surface area contributed by atoms with Crippen molar-refractivity contribution >= 4 is 28.1 Å². The number of hydrogen-bond acceptors (Lipinski definition) is 3. The van der Waals surface area contributed by atoms with E-state index in [4.69, 9.17) is 16.3 Å². The van der Waals surface area contributed by atoms with Gasteiger partial charge in [0.2, 0.25) is 5.78 Å². The molecule has 1 aliphatic rings. The van der Waals surface area contributed by atoms with Crippen LogP contribution in [0.2, 0.25) is 0 Å². The number of pyridine rings is 1. The summed E-state index contributed by atoms with van der Waals surface area (Å²) in [6.45, 7) is 2.41. The van der Waals surface area contributed by atoms with E-state index in [0.29, 0.717) is 35.8 Å². The van der Waals surface area contributed by atoms with Crippen LogP contribution in [-0.2, 0) is 24.2 Å². The monoisotopic (exact) mass is 437 g/mol. The number of nitrogens with zero attached hydrogens (tertiary/aromatic N) is 1. The summed E-state index contributed by atoms with van der Waals surface area (Å²) in [7, 11) is 0. The Morgan fingerprint density at radius 3 is 2.48 bits per heavy atom. The Morgan fingerprint density at radius 2 is 1.81 bits per heavy atom. The van der Waals surface area contributed by atoms with Gasteiger partial charge in [0.05, 0.1) is 11.1 Å². The molecular formula is C26H28ClNO3. The van der Waals surface area contributed by atoms with E-state index in [1.807, 2.05) is 55.6 Å². The van der Waals surface area contributed by atoms with Gasteiger partial charge in [-0.2, -0.15) is 0 Å². The van der Waals surface area contributed by atoms with Gasteiger partial charge in [-0.05, 0) is 53.6 Å². The van der Waals surface area contributed by atoms with E-state index < -0.39 is 11.0 Å². The third-order valence-electron chi connectivity index (χ3n) is 6.34. The number of halogens is 1. The van der Waals surface area contributed by atoms with Crippen molar-refractivity contribution in [1.82, 2.24) is 4.40 Å². The largest absolute Gasteiger partial charge is 0.487 e. The van der Waals surface area contributed by atoms with Crippen molar-refractivity contribution < 1.29 is 14.3 Å². The fraction of sp³-hybridized carbons (Fsp3) is 0.385. The van der Waals surface area contributed by atoms with E-state index in [1.54, 1.807) is 0 Å². The highest BCUT2D eigenvalue weighted by molar-refractivity contribution is 6.83. The van der Waals surface area contributed by atoms with Gasteiger partial charge in [0, 0.05) is 11.9 Å². The van der Waals surface area contributed by atoms with Crippen molar-refractivity contribution in [3.05, 3.63) is 71.0 Å². The molecule has 3 aromatic rings. The highest BCUT2D eigenvalue weighted by Gasteiger charge is 2.29. The predicted molar refractivity (Wildman–Crippen MR) is 123 cm³/mol. The summed E-state index contributed by atoms with van der Waals surface area (Å²) >= 11 is 5.68. The number of aromatic nitrogens is 1. The number of benzene rings is 1. The van der Waals surface area contributed by atoms with E-state index >= 15 is 0 Å². The number of ether oxygens (including phenoxy) is 1. The first kappa shape index (κ1) is 21.6. The van der Waals surface area contributed by atoms with E-state index in [-0.39, 0.29) is 0 Å². The lowest BCUT2D eigenvalue weighted by Crippen LogP contribution is -2.12. The quantitative estimate of drug-likeness (QED) is 0.241. The molecule has 4 nitrogen and oxygen atoms in total. The van der Waals surface area contributed by atoms with E-state index in [0.717, 1.165) is 23.2 Å². The number of Topliss-reactive ketones (excluding diaryl/α,β-unsaturated/α-hetero) is 1. The Bertz CT molecular complexity index is 1080. The molecule has 1 fully saturated rings. The molecule has 0 spiro atoms. The zero-order valence-corrected chi connectivity index (χ0v) is 18.7. The number of fused-ring (bicyclic) bond motifs is 1. The maximum absolute atomic E-state index is 12.9. The zero-order chi connectivity index (χ0) is 21.8. The van der Waals surface area contributed by atoms with Gasteiger partial charge in [-0.3, -0.25) is 9.59 Å². The normalized spacial score (nSPS) is 14.6. The second-order valence-corrected chi connectivity index (χ2v) is 8.67. The molecule has 0 N–H and O–H groups in total. The zero-order valence-electron chi connectivity index (χ0n) is 17.9. The Kier molecular flexibility index (Phi) is 6.77. The summed E-state index contributed by atoms with van der Waals surface area (Å²) in [5.41, 5.74) is 4.11. The fourth-order valence-corrected chi connectivity index (χ4v) is 4.95. The first-order chi connectivity index (χ1) is 15.1. The van der Waals surface area contributed by atoms with Gasteiger partial charge in [-0.15, -0.1) is 0 Å².